The first-order valence-corrected chi connectivity index (χ1v) is 12.2. The van der Waals surface area contributed by atoms with Gasteiger partial charge in [0.05, 0.1) is 32.8 Å². The van der Waals surface area contributed by atoms with Crippen LogP contribution in [-0.4, -0.2) is 64.8 Å². The zero-order chi connectivity index (χ0) is 30.7. The Labute approximate surface area is 238 Å². The normalized spacial score (nSPS) is 16.1. The van der Waals surface area contributed by atoms with E-state index in [9.17, 15) is 39.9 Å². The molecule has 0 fully saturated rings. The molecule has 0 aliphatic heterocycles. The van der Waals surface area contributed by atoms with Crippen LogP contribution in [-0.2, 0) is 14.4 Å². The predicted molar refractivity (Wildman–Crippen MR) is 147 cm³/mol. The van der Waals surface area contributed by atoms with Gasteiger partial charge >= 0.3 is 17.9 Å². The van der Waals surface area contributed by atoms with E-state index in [1.807, 2.05) is 0 Å². The maximum absolute atomic E-state index is 12.5. The largest absolute Gasteiger partial charge is 0.504 e. The van der Waals surface area contributed by atoms with Crippen LogP contribution in [0.25, 0.3) is 12.2 Å². The van der Waals surface area contributed by atoms with Crippen molar-refractivity contribution in [1.82, 2.24) is 0 Å². The van der Waals surface area contributed by atoms with Crippen molar-refractivity contribution in [2.75, 3.05) is 21.3 Å². The molecule has 0 bridgehead atoms. The zero-order valence-electron chi connectivity index (χ0n) is 22.5. The van der Waals surface area contributed by atoms with Crippen LogP contribution in [0, 0.1) is 5.92 Å². The van der Waals surface area contributed by atoms with Crippen LogP contribution in [0.15, 0.2) is 59.9 Å². The molecule has 0 heterocycles. The van der Waals surface area contributed by atoms with Crippen LogP contribution >= 0.6 is 0 Å². The molecule has 218 valence electrons. The molecule has 0 aromatic heterocycles. The van der Waals surface area contributed by atoms with Gasteiger partial charge in [-0.1, -0.05) is 12.1 Å². The number of hydrogen-bond acceptors (Lipinski definition) is 9. The first kappa shape index (κ1) is 29.3. The summed E-state index contributed by atoms with van der Waals surface area (Å²) in [5.74, 6) is -7.80. The molecule has 4 rings (SSSR count). The zero-order valence-corrected chi connectivity index (χ0v) is 22.5. The standard InChI is InChI=1S/C30H26O12/c1-39-21-8-14(4-6-19(21)31)9-25(29(35)36)42-24-13-17-16(12-23(24)41-3)10-18(28(33)34)27(30(37)38)26(17)15-5-7-20(32)22(11-15)40-2/h4-13,26-27,31-32H,1-3H3,(H,33,34)(H,35,36)(H,37,38)/b25-9-. The topological polar surface area (TPSA) is 189 Å². The van der Waals surface area contributed by atoms with E-state index in [-0.39, 0.29) is 34.5 Å². The van der Waals surface area contributed by atoms with Crippen LogP contribution in [0.5, 0.6) is 34.5 Å². The van der Waals surface area contributed by atoms with Crippen molar-refractivity contribution in [1.29, 1.82) is 0 Å². The highest BCUT2D eigenvalue weighted by Crippen LogP contribution is 2.48. The molecule has 0 saturated carbocycles. The van der Waals surface area contributed by atoms with Gasteiger partial charge in [0.15, 0.2) is 34.5 Å². The smallest absolute Gasteiger partial charge is 0.371 e. The number of ether oxygens (including phenoxy) is 4. The van der Waals surface area contributed by atoms with Gasteiger partial charge in [-0.3, -0.25) is 4.79 Å². The van der Waals surface area contributed by atoms with Crippen molar-refractivity contribution in [3.8, 4) is 34.5 Å². The van der Waals surface area contributed by atoms with E-state index in [2.05, 4.69) is 0 Å². The van der Waals surface area contributed by atoms with Crippen LogP contribution in [0.3, 0.4) is 0 Å². The molecule has 0 radical (unpaired) electrons. The Hall–Kier alpha value is -5.65. The van der Waals surface area contributed by atoms with E-state index < -0.39 is 41.1 Å². The fraction of sp³-hybridized carbons (Fsp3) is 0.167. The van der Waals surface area contributed by atoms with Crippen molar-refractivity contribution in [2.45, 2.75) is 5.92 Å². The van der Waals surface area contributed by atoms with Gasteiger partial charge in [-0.15, -0.1) is 0 Å². The second kappa shape index (κ2) is 11.8. The van der Waals surface area contributed by atoms with Crippen LogP contribution in [0.2, 0.25) is 0 Å². The number of benzene rings is 3. The fourth-order valence-electron chi connectivity index (χ4n) is 4.76. The summed E-state index contributed by atoms with van der Waals surface area (Å²) in [6.07, 6.45) is 2.40. The molecule has 2 unspecified atom stereocenters. The average Bonchev–Trinajstić information content (AvgIpc) is 2.96. The van der Waals surface area contributed by atoms with Gasteiger partial charge in [-0.05, 0) is 70.8 Å². The number of aliphatic carboxylic acids is 3. The van der Waals surface area contributed by atoms with Gasteiger partial charge in [0.1, 0.15) is 0 Å². The van der Waals surface area contributed by atoms with Crippen molar-refractivity contribution in [2.24, 2.45) is 5.92 Å². The Morgan fingerprint density at radius 1 is 0.762 bits per heavy atom. The van der Waals surface area contributed by atoms with E-state index in [1.54, 1.807) is 0 Å². The second-order valence-electron chi connectivity index (χ2n) is 9.11. The summed E-state index contributed by atoms with van der Waals surface area (Å²) in [6.45, 7) is 0. The fourth-order valence-corrected chi connectivity index (χ4v) is 4.76. The lowest BCUT2D eigenvalue weighted by molar-refractivity contribution is -0.144. The van der Waals surface area contributed by atoms with Gasteiger partial charge in [0.2, 0.25) is 5.76 Å². The molecular formula is C30H26O12. The Kier molecular flexibility index (Phi) is 8.27. The molecule has 3 aromatic rings. The summed E-state index contributed by atoms with van der Waals surface area (Å²) in [5, 5.41) is 49.9. The summed E-state index contributed by atoms with van der Waals surface area (Å²) in [4.78, 5) is 36.8. The number of methoxy groups -OCH3 is 3. The lowest BCUT2D eigenvalue weighted by Crippen LogP contribution is -2.31. The molecule has 3 aromatic carbocycles. The van der Waals surface area contributed by atoms with Crippen molar-refractivity contribution in [3.05, 3.63) is 82.1 Å². The molecule has 1 aliphatic carbocycles. The predicted octanol–water partition coefficient (Wildman–Crippen LogP) is 3.94. The summed E-state index contributed by atoms with van der Waals surface area (Å²) in [6, 6.07) is 11.1. The quantitative estimate of drug-likeness (QED) is 0.172. The van der Waals surface area contributed by atoms with E-state index in [0.717, 1.165) is 0 Å². The minimum atomic E-state index is -1.57. The Balaban J connectivity index is 1.92. The Morgan fingerprint density at radius 2 is 1.38 bits per heavy atom. The van der Waals surface area contributed by atoms with E-state index in [4.69, 9.17) is 18.9 Å². The molecule has 12 nitrogen and oxygen atoms in total. The first-order chi connectivity index (χ1) is 20.0. The number of phenols is 2. The number of aromatic hydroxyl groups is 2. The molecular weight excluding hydrogens is 552 g/mol. The van der Waals surface area contributed by atoms with Crippen LogP contribution < -0.4 is 18.9 Å². The highest BCUT2D eigenvalue weighted by atomic mass is 16.5. The number of carbonyl (C=O) groups is 3. The highest BCUT2D eigenvalue weighted by molar-refractivity contribution is 6.01. The molecule has 42 heavy (non-hydrogen) atoms. The van der Waals surface area contributed by atoms with Gasteiger partial charge in [-0.2, -0.15) is 0 Å². The molecule has 5 N–H and O–H groups in total. The van der Waals surface area contributed by atoms with Crippen molar-refractivity contribution in [3.63, 3.8) is 0 Å². The number of fused-ring (bicyclic) bond motifs is 1. The molecule has 0 amide bonds. The lowest BCUT2D eigenvalue weighted by Gasteiger charge is -2.31. The SMILES string of the molecule is COc1cc(/C=C(\Oc2cc3c(cc2OC)C=C(C(=O)O)C(C(=O)O)C3c2ccc(O)c(OC)c2)C(=O)O)ccc1O. The third-order valence-electron chi connectivity index (χ3n) is 6.69. The Bertz CT molecular complexity index is 1640. The van der Waals surface area contributed by atoms with Crippen molar-refractivity contribution >= 4 is 30.1 Å². The summed E-state index contributed by atoms with van der Waals surface area (Å²) < 4.78 is 21.4. The third kappa shape index (κ3) is 5.63. The monoisotopic (exact) mass is 578 g/mol. The first-order valence-electron chi connectivity index (χ1n) is 12.2. The van der Waals surface area contributed by atoms with E-state index in [1.165, 1.54) is 82.0 Å². The Morgan fingerprint density at radius 3 is 1.95 bits per heavy atom. The highest BCUT2D eigenvalue weighted by Gasteiger charge is 2.41. The van der Waals surface area contributed by atoms with Gasteiger partial charge in [-0.25, -0.2) is 9.59 Å². The minimum Gasteiger partial charge on any atom is -0.504 e. The number of carboxylic acids is 3. The maximum Gasteiger partial charge on any atom is 0.371 e. The molecule has 0 saturated heterocycles. The average molecular weight is 579 g/mol. The third-order valence-corrected chi connectivity index (χ3v) is 6.69. The summed E-state index contributed by atoms with van der Waals surface area (Å²) in [7, 11) is 3.95. The van der Waals surface area contributed by atoms with Crippen LogP contribution in [0.4, 0.5) is 0 Å². The summed E-state index contributed by atoms with van der Waals surface area (Å²) in [5.41, 5.74) is 0.844. The molecule has 0 spiro atoms. The van der Waals surface area contributed by atoms with E-state index >= 15 is 0 Å². The van der Waals surface area contributed by atoms with Gasteiger partial charge < -0.3 is 44.5 Å². The summed E-state index contributed by atoms with van der Waals surface area (Å²) >= 11 is 0. The van der Waals surface area contributed by atoms with E-state index in [0.29, 0.717) is 22.3 Å². The number of rotatable bonds is 10. The molecule has 12 heteroatoms. The molecule has 2 atom stereocenters. The molecule has 1 aliphatic rings. The van der Waals surface area contributed by atoms with Crippen LogP contribution in [0.1, 0.15) is 28.2 Å². The number of carboxylic acid groups (broad SMARTS) is 3. The second-order valence-corrected chi connectivity index (χ2v) is 9.11. The minimum absolute atomic E-state index is 0.0371. The van der Waals surface area contributed by atoms with Gasteiger partial charge in [0, 0.05) is 5.92 Å². The number of phenolic OH excluding ortho intramolecular Hbond substituents is 2. The maximum atomic E-state index is 12.5. The lowest BCUT2D eigenvalue weighted by atomic mass is 9.71. The number of hydrogen-bond donors (Lipinski definition) is 5. The van der Waals surface area contributed by atoms with Gasteiger partial charge in [0.25, 0.3) is 0 Å². The van der Waals surface area contributed by atoms with Crippen molar-refractivity contribution < 1.29 is 58.9 Å².